The Labute approximate surface area is 122 Å². The van der Waals surface area contributed by atoms with Crippen LogP contribution >= 0.6 is 12.4 Å². The van der Waals surface area contributed by atoms with Gasteiger partial charge in [0, 0.05) is 26.2 Å². The quantitative estimate of drug-likeness (QED) is 0.816. The Kier molecular flexibility index (Phi) is 5.11. The summed E-state index contributed by atoms with van der Waals surface area (Å²) in [4.78, 5) is 0. The van der Waals surface area contributed by atoms with Crippen LogP contribution < -0.4 is 5.32 Å². The van der Waals surface area contributed by atoms with Crippen molar-refractivity contribution in [1.29, 1.82) is 0 Å². The van der Waals surface area contributed by atoms with E-state index in [1.807, 2.05) is 0 Å². The van der Waals surface area contributed by atoms with Crippen molar-refractivity contribution in [3.8, 4) is 0 Å². The van der Waals surface area contributed by atoms with Crippen LogP contribution in [0.5, 0.6) is 0 Å². The molecule has 0 aliphatic carbocycles. The maximum Gasteiger partial charge on any atom is 0.281 e. The molecule has 3 heterocycles. The van der Waals surface area contributed by atoms with E-state index in [1.54, 1.807) is 8.61 Å². The zero-order chi connectivity index (χ0) is 12.6. The SMILES string of the molecule is Cl.O=S(=O)(N1CCCCCC1)N1C[C@H]2CNC[C@H]2C1. The molecule has 0 aromatic heterocycles. The van der Waals surface area contributed by atoms with Crippen LogP contribution in [0.4, 0.5) is 0 Å². The lowest BCUT2D eigenvalue weighted by molar-refractivity contribution is 0.357. The number of nitrogens with one attached hydrogen (secondary N) is 1. The maximum absolute atomic E-state index is 12.6. The van der Waals surface area contributed by atoms with Crippen molar-refractivity contribution >= 4 is 22.6 Å². The van der Waals surface area contributed by atoms with E-state index < -0.39 is 10.2 Å². The first-order chi connectivity index (χ1) is 8.68. The van der Waals surface area contributed by atoms with E-state index in [9.17, 15) is 8.42 Å². The van der Waals surface area contributed by atoms with Gasteiger partial charge in [-0.25, -0.2) is 0 Å². The third-order valence-corrected chi connectivity index (χ3v) is 6.54. The first-order valence-corrected chi connectivity index (χ1v) is 8.53. The van der Waals surface area contributed by atoms with Gasteiger partial charge in [0.05, 0.1) is 0 Å². The van der Waals surface area contributed by atoms with Crippen molar-refractivity contribution in [1.82, 2.24) is 13.9 Å². The molecule has 112 valence electrons. The van der Waals surface area contributed by atoms with Gasteiger partial charge in [0.15, 0.2) is 0 Å². The summed E-state index contributed by atoms with van der Waals surface area (Å²) in [5.41, 5.74) is 0. The number of hydrogen-bond acceptors (Lipinski definition) is 3. The van der Waals surface area contributed by atoms with Crippen molar-refractivity contribution in [2.75, 3.05) is 39.3 Å². The molecule has 7 heteroatoms. The lowest BCUT2D eigenvalue weighted by Gasteiger charge is -2.26. The molecule has 3 saturated heterocycles. The predicted octanol–water partition coefficient (Wildman–Crippen LogP) is 0.680. The topological polar surface area (TPSA) is 52.7 Å². The van der Waals surface area contributed by atoms with Gasteiger partial charge in [-0.1, -0.05) is 12.8 Å². The molecular weight excluding hydrogens is 286 g/mol. The summed E-state index contributed by atoms with van der Waals surface area (Å²) < 4.78 is 28.7. The number of hydrogen-bond donors (Lipinski definition) is 1. The lowest BCUT2D eigenvalue weighted by atomic mass is 10.0. The fourth-order valence-electron chi connectivity index (χ4n) is 3.44. The van der Waals surface area contributed by atoms with Crippen LogP contribution in [0.3, 0.4) is 0 Å². The molecule has 5 nitrogen and oxygen atoms in total. The highest BCUT2D eigenvalue weighted by Crippen LogP contribution is 2.29. The smallest absolute Gasteiger partial charge is 0.281 e. The molecule has 0 spiro atoms. The Bertz CT molecular complexity index is 384. The van der Waals surface area contributed by atoms with Gasteiger partial charge in [0.1, 0.15) is 0 Å². The van der Waals surface area contributed by atoms with Gasteiger partial charge in [-0.15, -0.1) is 12.4 Å². The number of fused-ring (bicyclic) bond motifs is 1. The minimum Gasteiger partial charge on any atom is -0.316 e. The zero-order valence-electron chi connectivity index (χ0n) is 11.3. The van der Waals surface area contributed by atoms with Crippen molar-refractivity contribution in [2.45, 2.75) is 25.7 Å². The third-order valence-electron chi connectivity index (χ3n) is 4.57. The molecule has 0 saturated carbocycles. The van der Waals surface area contributed by atoms with Crippen LogP contribution in [0.1, 0.15) is 25.7 Å². The van der Waals surface area contributed by atoms with Crippen molar-refractivity contribution in [3.05, 3.63) is 0 Å². The molecule has 0 amide bonds. The van der Waals surface area contributed by atoms with Gasteiger partial charge >= 0.3 is 0 Å². The highest BCUT2D eigenvalue weighted by atomic mass is 35.5. The van der Waals surface area contributed by atoms with Crippen molar-refractivity contribution in [3.63, 3.8) is 0 Å². The van der Waals surface area contributed by atoms with Gasteiger partial charge in [0.2, 0.25) is 0 Å². The summed E-state index contributed by atoms with van der Waals surface area (Å²) >= 11 is 0. The molecular formula is C12H24ClN3O2S. The van der Waals surface area contributed by atoms with E-state index in [2.05, 4.69) is 5.32 Å². The summed E-state index contributed by atoms with van der Waals surface area (Å²) in [6.45, 7) is 4.83. The molecule has 0 radical (unpaired) electrons. The predicted molar refractivity (Wildman–Crippen MR) is 77.6 cm³/mol. The summed E-state index contributed by atoms with van der Waals surface area (Å²) in [5, 5.41) is 3.35. The number of halogens is 1. The van der Waals surface area contributed by atoms with Gasteiger partial charge in [-0.05, 0) is 37.8 Å². The molecule has 3 fully saturated rings. The first-order valence-electron chi connectivity index (χ1n) is 7.14. The van der Waals surface area contributed by atoms with Crippen molar-refractivity contribution < 1.29 is 8.42 Å². The molecule has 0 bridgehead atoms. The van der Waals surface area contributed by atoms with Crippen LogP contribution in [0.15, 0.2) is 0 Å². The molecule has 3 rings (SSSR count). The molecule has 0 unspecified atom stereocenters. The Morgan fingerprint density at radius 2 is 1.37 bits per heavy atom. The first kappa shape index (κ1) is 15.5. The largest absolute Gasteiger partial charge is 0.316 e. The average Bonchev–Trinajstić information content (AvgIpc) is 2.80. The summed E-state index contributed by atoms with van der Waals surface area (Å²) in [6, 6.07) is 0. The van der Waals surface area contributed by atoms with E-state index in [0.717, 1.165) is 39.0 Å². The average molecular weight is 310 g/mol. The lowest BCUT2D eigenvalue weighted by Crippen LogP contribution is -2.44. The van der Waals surface area contributed by atoms with Crippen LogP contribution in [-0.4, -0.2) is 56.3 Å². The van der Waals surface area contributed by atoms with E-state index >= 15 is 0 Å². The second-order valence-electron chi connectivity index (χ2n) is 5.82. The molecule has 3 aliphatic rings. The highest BCUT2D eigenvalue weighted by molar-refractivity contribution is 7.86. The number of rotatable bonds is 2. The molecule has 2 atom stereocenters. The van der Waals surface area contributed by atoms with Gasteiger partial charge in [-0.2, -0.15) is 17.0 Å². The standard InChI is InChI=1S/C12H23N3O2S.ClH/c16-18(17,14-5-3-1-2-4-6-14)15-9-11-7-13-8-12(11)10-15;/h11-13H,1-10H2;1H/t11-,12+;. The Morgan fingerprint density at radius 3 is 1.89 bits per heavy atom. The Hall–Kier alpha value is 0.120. The second-order valence-corrected chi connectivity index (χ2v) is 7.74. The van der Waals surface area contributed by atoms with Gasteiger partial charge < -0.3 is 5.32 Å². The fraction of sp³-hybridized carbons (Fsp3) is 1.00. The molecule has 0 aromatic rings. The van der Waals surface area contributed by atoms with Crippen LogP contribution in [0.2, 0.25) is 0 Å². The fourth-order valence-corrected chi connectivity index (χ4v) is 5.24. The summed E-state index contributed by atoms with van der Waals surface area (Å²) in [5.74, 6) is 1.07. The van der Waals surface area contributed by atoms with Crippen LogP contribution in [0, 0.1) is 11.8 Å². The van der Waals surface area contributed by atoms with E-state index in [-0.39, 0.29) is 12.4 Å². The normalized spacial score (nSPS) is 33.7. The summed E-state index contributed by atoms with van der Waals surface area (Å²) in [7, 11) is -3.19. The number of nitrogens with zero attached hydrogens (tertiary/aromatic N) is 2. The third kappa shape index (κ3) is 3.08. The Balaban J connectivity index is 0.00000133. The van der Waals surface area contributed by atoms with E-state index in [4.69, 9.17) is 0 Å². The Morgan fingerprint density at radius 1 is 0.842 bits per heavy atom. The second kappa shape index (κ2) is 6.26. The maximum atomic E-state index is 12.6. The minimum absolute atomic E-state index is 0. The molecule has 0 aromatic carbocycles. The van der Waals surface area contributed by atoms with Crippen molar-refractivity contribution in [2.24, 2.45) is 11.8 Å². The zero-order valence-corrected chi connectivity index (χ0v) is 12.9. The van der Waals surface area contributed by atoms with Crippen LogP contribution in [-0.2, 0) is 10.2 Å². The highest BCUT2D eigenvalue weighted by Gasteiger charge is 2.42. The van der Waals surface area contributed by atoms with E-state index in [1.165, 1.54) is 12.8 Å². The van der Waals surface area contributed by atoms with Gasteiger partial charge in [-0.3, -0.25) is 0 Å². The molecule has 3 aliphatic heterocycles. The molecule has 1 N–H and O–H groups in total. The minimum atomic E-state index is -3.19. The molecule has 19 heavy (non-hydrogen) atoms. The summed E-state index contributed by atoms with van der Waals surface area (Å²) in [6.07, 6.45) is 4.37. The monoisotopic (exact) mass is 309 g/mol. The van der Waals surface area contributed by atoms with E-state index in [0.29, 0.717) is 24.9 Å². The van der Waals surface area contributed by atoms with Crippen LogP contribution in [0.25, 0.3) is 0 Å². The van der Waals surface area contributed by atoms with Gasteiger partial charge in [0.25, 0.3) is 10.2 Å².